The summed E-state index contributed by atoms with van der Waals surface area (Å²) in [5.41, 5.74) is 5.01. The zero-order valence-electron chi connectivity index (χ0n) is 14.1. The van der Waals surface area contributed by atoms with Crippen molar-refractivity contribution in [2.75, 3.05) is 13.2 Å². The van der Waals surface area contributed by atoms with E-state index in [1.165, 1.54) is 22.3 Å². The Balaban J connectivity index is 1.70. The van der Waals surface area contributed by atoms with Crippen molar-refractivity contribution in [2.24, 2.45) is 0 Å². The van der Waals surface area contributed by atoms with Gasteiger partial charge in [-0.15, -0.1) is 0 Å². The van der Waals surface area contributed by atoms with Gasteiger partial charge < -0.3 is 9.47 Å². The van der Waals surface area contributed by atoms with E-state index in [0.29, 0.717) is 0 Å². The number of rotatable bonds is 7. The molecule has 0 aromatic heterocycles. The molecular weight excluding hydrogens is 272 g/mol. The molecule has 0 aliphatic rings. The Morgan fingerprint density at radius 2 is 1.05 bits per heavy atom. The molecule has 22 heavy (non-hydrogen) atoms. The van der Waals surface area contributed by atoms with Gasteiger partial charge in [-0.25, -0.2) is 0 Å². The largest absolute Gasteiger partial charge is 0.493 e. The van der Waals surface area contributed by atoms with Crippen molar-refractivity contribution in [1.82, 2.24) is 0 Å². The van der Waals surface area contributed by atoms with Gasteiger partial charge in [-0.2, -0.15) is 0 Å². The zero-order chi connectivity index (χ0) is 15.9. The summed E-state index contributed by atoms with van der Waals surface area (Å²) >= 11 is 0. The van der Waals surface area contributed by atoms with Crippen molar-refractivity contribution in [3.8, 4) is 11.5 Å². The summed E-state index contributed by atoms with van der Waals surface area (Å²) in [6.45, 7) is 9.91. The first-order valence-corrected chi connectivity index (χ1v) is 7.97. The van der Waals surface area contributed by atoms with Gasteiger partial charge in [0.05, 0.1) is 13.2 Å². The number of benzene rings is 2. The molecule has 2 heteroatoms. The van der Waals surface area contributed by atoms with Crippen LogP contribution in [0.3, 0.4) is 0 Å². The molecule has 0 bridgehead atoms. The molecule has 2 aromatic carbocycles. The molecule has 0 amide bonds. The molecule has 0 aliphatic heterocycles. The van der Waals surface area contributed by atoms with E-state index in [4.69, 9.17) is 9.47 Å². The highest BCUT2D eigenvalue weighted by atomic mass is 16.5. The average molecular weight is 298 g/mol. The van der Waals surface area contributed by atoms with Gasteiger partial charge in [0.25, 0.3) is 0 Å². The van der Waals surface area contributed by atoms with Crippen molar-refractivity contribution in [1.29, 1.82) is 0 Å². The maximum Gasteiger partial charge on any atom is 0.122 e. The number of unbranched alkanes of at least 4 members (excludes halogenated alkanes) is 1. The Hall–Kier alpha value is -1.96. The summed E-state index contributed by atoms with van der Waals surface area (Å²) in [4.78, 5) is 0. The molecule has 2 nitrogen and oxygen atoms in total. The Morgan fingerprint density at radius 3 is 1.45 bits per heavy atom. The Morgan fingerprint density at radius 1 is 0.636 bits per heavy atom. The first kappa shape index (κ1) is 16.4. The summed E-state index contributed by atoms with van der Waals surface area (Å²) in [5, 5.41) is 0. The molecule has 0 spiro atoms. The van der Waals surface area contributed by atoms with E-state index < -0.39 is 0 Å². The first-order chi connectivity index (χ1) is 10.6. The molecule has 0 heterocycles. The molecular formula is C20H26O2. The fourth-order valence-electron chi connectivity index (χ4n) is 2.33. The molecule has 0 atom stereocenters. The third-order valence-electron chi connectivity index (χ3n) is 4.16. The highest BCUT2D eigenvalue weighted by Crippen LogP contribution is 2.22. The topological polar surface area (TPSA) is 18.5 Å². The van der Waals surface area contributed by atoms with Gasteiger partial charge in [0.2, 0.25) is 0 Å². The van der Waals surface area contributed by atoms with Gasteiger partial charge in [0.1, 0.15) is 11.5 Å². The Labute approximate surface area is 134 Å². The lowest BCUT2D eigenvalue weighted by Crippen LogP contribution is -2.04. The van der Waals surface area contributed by atoms with Crippen LogP contribution in [0.4, 0.5) is 0 Å². The fraction of sp³-hybridized carbons (Fsp3) is 0.400. The lowest BCUT2D eigenvalue weighted by molar-refractivity contribution is 0.264. The summed E-state index contributed by atoms with van der Waals surface area (Å²) < 4.78 is 11.7. The number of hydrogen-bond acceptors (Lipinski definition) is 2. The van der Waals surface area contributed by atoms with E-state index in [9.17, 15) is 0 Å². The second kappa shape index (κ2) is 7.88. The van der Waals surface area contributed by atoms with Crippen LogP contribution in [0, 0.1) is 27.7 Å². The molecule has 0 saturated carbocycles. The van der Waals surface area contributed by atoms with E-state index in [-0.39, 0.29) is 0 Å². The van der Waals surface area contributed by atoms with Crippen LogP contribution < -0.4 is 9.47 Å². The molecule has 0 aliphatic carbocycles. The van der Waals surface area contributed by atoms with Gasteiger partial charge in [0.15, 0.2) is 0 Å². The molecule has 2 rings (SSSR count). The predicted molar refractivity (Wildman–Crippen MR) is 92.1 cm³/mol. The lowest BCUT2D eigenvalue weighted by Gasteiger charge is -2.12. The maximum atomic E-state index is 5.86. The number of ether oxygens (including phenoxy) is 2. The van der Waals surface area contributed by atoms with Crippen LogP contribution >= 0.6 is 0 Å². The van der Waals surface area contributed by atoms with Crippen molar-refractivity contribution in [3.63, 3.8) is 0 Å². The minimum Gasteiger partial charge on any atom is -0.493 e. The monoisotopic (exact) mass is 298 g/mol. The van der Waals surface area contributed by atoms with Crippen LogP contribution in [0.25, 0.3) is 0 Å². The van der Waals surface area contributed by atoms with Crippen molar-refractivity contribution in [3.05, 3.63) is 58.7 Å². The molecule has 0 fully saturated rings. The molecule has 2 aromatic rings. The van der Waals surface area contributed by atoms with E-state index >= 15 is 0 Å². The number of aryl methyl sites for hydroxylation is 2. The van der Waals surface area contributed by atoms with Gasteiger partial charge >= 0.3 is 0 Å². The SMILES string of the molecule is Cc1cccc(OCCCCOc2cccc(C)c2C)c1C. The van der Waals surface area contributed by atoms with Gasteiger partial charge in [-0.1, -0.05) is 24.3 Å². The predicted octanol–water partition coefficient (Wildman–Crippen LogP) is 5.16. The molecule has 0 N–H and O–H groups in total. The highest BCUT2D eigenvalue weighted by Gasteiger charge is 2.03. The third kappa shape index (κ3) is 4.27. The fourth-order valence-corrected chi connectivity index (χ4v) is 2.33. The average Bonchev–Trinajstić information content (AvgIpc) is 2.51. The van der Waals surface area contributed by atoms with Crippen LogP contribution in [0.15, 0.2) is 36.4 Å². The highest BCUT2D eigenvalue weighted by molar-refractivity contribution is 5.38. The Kier molecular flexibility index (Phi) is 5.88. The van der Waals surface area contributed by atoms with Gasteiger partial charge in [-0.05, 0) is 74.9 Å². The number of hydrogen-bond donors (Lipinski definition) is 0. The molecule has 0 radical (unpaired) electrons. The smallest absolute Gasteiger partial charge is 0.122 e. The lowest BCUT2D eigenvalue weighted by atomic mass is 10.1. The Bertz CT molecular complexity index is 562. The van der Waals surface area contributed by atoms with Crippen LogP contribution in [0.2, 0.25) is 0 Å². The zero-order valence-corrected chi connectivity index (χ0v) is 14.1. The van der Waals surface area contributed by atoms with Crippen LogP contribution in [0.1, 0.15) is 35.1 Å². The van der Waals surface area contributed by atoms with Crippen LogP contribution in [-0.4, -0.2) is 13.2 Å². The summed E-state index contributed by atoms with van der Waals surface area (Å²) in [7, 11) is 0. The normalized spacial score (nSPS) is 10.5. The van der Waals surface area contributed by atoms with E-state index in [1.807, 2.05) is 24.3 Å². The molecule has 0 unspecified atom stereocenters. The van der Waals surface area contributed by atoms with Gasteiger partial charge in [-0.3, -0.25) is 0 Å². The quantitative estimate of drug-likeness (QED) is 0.657. The second-order valence-electron chi connectivity index (χ2n) is 5.80. The standard InChI is InChI=1S/C20H26O2/c1-15-9-7-11-19(17(15)3)21-13-5-6-14-22-20-12-8-10-16(2)18(20)4/h7-12H,5-6,13-14H2,1-4H3. The molecule has 118 valence electrons. The van der Waals surface area contributed by atoms with E-state index in [0.717, 1.165) is 37.6 Å². The minimum atomic E-state index is 0.737. The first-order valence-electron chi connectivity index (χ1n) is 7.97. The van der Waals surface area contributed by atoms with E-state index in [1.54, 1.807) is 0 Å². The third-order valence-corrected chi connectivity index (χ3v) is 4.16. The van der Waals surface area contributed by atoms with Crippen LogP contribution in [0.5, 0.6) is 11.5 Å². The second-order valence-corrected chi connectivity index (χ2v) is 5.80. The summed E-state index contributed by atoms with van der Waals surface area (Å²) in [6, 6.07) is 12.4. The van der Waals surface area contributed by atoms with Crippen molar-refractivity contribution >= 4 is 0 Å². The van der Waals surface area contributed by atoms with Crippen molar-refractivity contribution < 1.29 is 9.47 Å². The van der Waals surface area contributed by atoms with Crippen LogP contribution in [-0.2, 0) is 0 Å². The molecule has 0 saturated heterocycles. The summed E-state index contributed by atoms with van der Waals surface area (Å²) in [5.74, 6) is 1.99. The summed E-state index contributed by atoms with van der Waals surface area (Å²) in [6.07, 6.45) is 2.00. The van der Waals surface area contributed by atoms with E-state index in [2.05, 4.69) is 39.8 Å². The maximum absolute atomic E-state index is 5.86. The van der Waals surface area contributed by atoms with Crippen molar-refractivity contribution in [2.45, 2.75) is 40.5 Å². The minimum absolute atomic E-state index is 0.737. The van der Waals surface area contributed by atoms with Gasteiger partial charge in [0, 0.05) is 0 Å².